The Hall–Kier alpha value is -2.44. The summed E-state index contributed by atoms with van der Waals surface area (Å²) >= 11 is 0. The van der Waals surface area contributed by atoms with Gasteiger partial charge in [-0.05, 0) is 29.8 Å². The lowest BCUT2D eigenvalue weighted by molar-refractivity contribution is 0.0525. The summed E-state index contributed by atoms with van der Waals surface area (Å²) in [6, 6.07) is 12.4. The molecule has 1 aliphatic rings. The Balaban J connectivity index is 1.54. The van der Waals surface area contributed by atoms with Gasteiger partial charge in [0.25, 0.3) is 5.91 Å². The van der Waals surface area contributed by atoms with Gasteiger partial charge in [-0.25, -0.2) is 4.39 Å². The third-order valence-electron chi connectivity index (χ3n) is 4.48. The Labute approximate surface area is 145 Å². The highest BCUT2D eigenvalue weighted by Gasteiger charge is 2.25. The molecule has 1 fully saturated rings. The number of aliphatic hydroxyl groups excluding tert-OH is 1. The molecule has 1 aliphatic heterocycles. The second-order valence-electron chi connectivity index (χ2n) is 6.18. The number of β-amino-alcohol motifs (C(OH)–C–C–N with tert-alkyl or cyclic N) is 1. The molecule has 0 spiro atoms. The number of aliphatic hydroxyl groups is 1. The van der Waals surface area contributed by atoms with Gasteiger partial charge in [-0.3, -0.25) is 9.69 Å². The first-order valence-electron chi connectivity index (χ1n) is 8.28. The van der Waals surface area contributed by atoms with Crippen LogP contribution >= 0.6 is 0 Å². The number of amides is 1. The lowest BCUT2D eigenvalue weighted by Crippen LogP contribution is -2.49. The number of rotatable bonds is 4. The van der Waals surface area contributed by atoms with Gasteiger partial charge in [0.2, 0.25) is 0 Å². The predicted octanol–water partition coefficient (Wildman–Crippen LogP) is 2.02. The molecule has 0 aliphatic carbocycles. The van der Waals surface area contributed by atoms with Crippen molar-refractivity contribution in [3.8, 4) is 5.75 Å². The molecule has 0 radical (unpaired) electrons. The van der Waals surface area contributed by atoms with Gasteiger partial charge in [0.05, 0.1) is 11.7 Å². The summed E-state index contributed by atoms with van der Waals surface area (Å²) in [4.78, 5) is 16.2. The number of benzene rings is 2. The van der Waals surface area contributed by atoms with E-state index in [4.69, 9.17) is 0 Å². The minimum atomic E-state index is -0.694. The van der Waals surface area contributed by atoms with Crippen molar-refractivity contribution in [1.29, 1.82) is 0 Å². The number of phenols is 1. The summed E-state index contributed by atoms with van der Waals surface area (Å²) < 4.78 is 12.9. The lowest BCUT2D eigenvalue weighted by Gasteiger charge is -2.35. The van der Waals surface area contributed by atoms with E-state index in [-0.39, 0.29) is 17.5 Å². The third kappa shape index (κ3) is 4.15. The van der Waals surface area contributed by atoms with E-state index >= 15 is 0 Å². The van der Waals surface area contributed by atoms with Crippen LogP contribution in [0.25, 0.3) is 0 Å². The first-order valence-corrected chi connectivity index (χ1v) is 8.28. The summed E-state index contributed by atoms with van der Waals surface area (Å²) in [5.41, 5.74) is 0.983. The zero-order chi connectivity index (χ0) is 17.8. The summed E-state index contributed by atoms with van der Waals surface area (Å²) in [6.45, 7) is 2.77. The molecule has 0 saturated carbocycles. The SMILES string of the molecule is O=C(c1ccccc1O)N1CCN(CC(O)c2ccc(F)cc2)CC1. The fourth-order valence-electron chi connectivity index (χ4n) is 2.99. The Bertz CT molecular complexity index is 728. The number of carbonyl (C=O) groups is 1. The molecule has 3 rings (SSSR count). The molecule has 6 heteroatoms. The summed E-state index contributed by atoms with van der Waals surface area (Å²) in [6.07, 6.45) is -0.694. The van der Waals surface area contributed by atoms with Gasteiger partial charge in [0.15, 0.2) is 0 Å². The molecule has 1 atom stereocenters. The quantitative estimate of drug-likeness (QED) is 0.891. The molecule has 2 N–H and O–H groups in total. The zero-order valence-electron chi connectivity index (χ0n) is 13.8. The standard InChI is InChI=1S/C19H21FN2O3/c20-15-7-5-14(6-8-15)18(24)13-21-9-11-22(12-10-21)19(25)16-3-1-2-4-17(16)23/h1-8,18,23-24H,9-13H2. The number of aromatic hydroxyl groups is 1. The van der Waals surface area contributed by atoms with Crippen molar-refractivity contribution < 1.29 is 19.4 Å². The Morgan fingerprint density at radius 1 is 1.04 bits per heavy atom. The maximum Gasteiger partial charge on any atom is 0.257 e. The van der Waals surface area contributed by atoms with E-state index in [0.717, 1.165) is 0 Å². The van der Waals surface area contributed by atoms with Crippen LogP contribution in [0.2, 0.25) is 0 Å². The van der Waals surface area contributed by atoms with Crippen molar-refractivity contribution in [2.24, 2.45) is 0 Å². The number of carbonyl (C=O) groups excluding carboxylic acids is 1. The fourth-order valence-corrected chi connectivity index (χ4v) is 2.99. The van der Waals surface area contributed by atoms with Crippen molar-refractivity contribution in [3.63, 3.8) is 0 Å². The number of phenolic OH excluding ortho intramolecular Hbond substituents is 1. The van der Waals surface area contributed by atoms with Crippen molar-refractivity contribution in [3.05, 3.63) is 65.5 Å². The van der Waals surface area contributed by atoms with E-state index < -0.39 is 6.10 Å². The van der Waals surface area contributed by atoms with E-state index in [1.807, 2.05) is 0 Å². The second-order valence-corrected chi connectivity index (χ2v) is 6.18. The Morgan fingerprint density at radius 3 is 2.32 bits per heavy atom. The predicted molar refractivity (Wildman–Crippen MR) is 91.8 cm³/mol. The van der Waals surface area contributed by atoms with Crippen molar-refractivity contribution in [1.82, 2.24) is 9.80 Å². The summed E-state index contributed by atoms with van der Waals surface area (Å²) in [7, 11) is 0. The van der Waals surface area contributed by atoms with E-state index in [0.29, 0.717) is 43.9 Å². The average Bonchev–Trinajstić information content (AvgIpc) is 2.63. The molecule has 1 unspecified atom stereocenters. The number of piperazine rings is 1. The van der Waals surface area contributed by atoms with Crippen LogP contribution in [-0.2, 0) is 0 Å². The normalized spacial score (nSPS) is 16.6. The van der Waals surface area contributed by atoms with E-state index in [1.54, 1.807) is 35.2 Å². The van der Waals surface area contributed by atoms with Gasteiger partial charge >= 0.3 is 0 Å². The van der Waals surface area contributed by atoms with Crippen LogP contribution < -0.4 is 0 Å². The summed E-state index contributed by atoms with van der Waals surface area (Å²) in [5.74, 6) is -0.522. The smallest absolute Gasteiger partial charge is 0.257 e. The molecule has 132 valence electrons. The Morgan fingerprint density at radius 2 is 1.68 bits per heavy atom. The van der Waals surface area contributed by atoms with E-state index in [2.05, 4.69) is 4.90 Å². The molecular formula is C19H21FN2O3. The molecule has 25 heavy (non-hydrogen) atoms. The monoisotopic (exact) mass is 344 g/mol. The van der Waals surface area contributed by atoms with Gasteiger partial charge in [0, 0.05) is 32.7 Å². The largest absolute Gasteiger partial charge is 0.507 e. The van der Waals surface area contributed by atoms with Crippen LogP contribution in [-0.4, -0.2) is 58.6 Å². The minimum absolute atomic E-state index is 0.0124. The first kappa shape index (κ1) is 17.4. The highest BCUT2D eigenvalue weighted by molar-refractivity contribution is 5.96. The van der Waals surface area contributed by atoms with Crippen molar-refractivity contribution in [2.75, 3.05) is 32.7 Å². The minimum Gasteiger partial charge on any atom is -0.507 e. The Kier molecular flexibility index (Phi) is 5.31. The zero-order valence-corrected chi connectivity index (χ0v) is 13.8. The third-order valence-corrected chi connectivity index (χ3v) is 4.48. The molecule has 2 aromatic rings. The number of halogens is 1. The lowest BCUT2D eigenvalue weighted by atomic mass is 10.1. The maximum absolute atomic E-state index is 12.9. The molecule has 0 aromatic heterocycles. The second kappa shape index (κ2) is 7.63. The molecular weight excluding hydrogens is 323 g/mol. The van der Waals surface area contributed by atoms with Crippen molar-refractivity contribution in [2.45, 2.75) is 6.10 Å². The molecule has 1 heterocycles. The maximum atomic E-state index is 12.9. The van der Waals surface area contributed by atoms with Crippen LogP contribution in [0.4, 0.5) is 4.39 Å². The summed E-state index contributed by atoms with van der Waals surface area (Å²) in [5, 5.41) is 20.1. The topological polar surface area (TPSA) is 64.0 Å². The van der Waals surface area contributed by atoms with Crippen LogP contribution in [0.5, 0.6) is 5.75 Å². The number of para-hydroxylation sites is 1. The van der Waals surface area contributed by atoms with E-state index in [9.17, 15) is 19.4 Å². The molecule has 2 aromatic carbocycles. The van der Waals surface area contributed by atoms with Crippen LogP contribution in [0, 0.1) is 5.82 Å². The van der Waals surface area contributed by atoms with Gasteiger partial charge in [-0.1, -0.05) is 24.3 Å². The first-order chi connectivity index (χ1) is 12.0. The van der Waals surface area contributed by atoms with Crippen LogP contribution in [0.1, 0.15) is 22.0 Å². The molecule has 1 amide bonds. The van der Waals surface area contributed by atoms with Gasteiger partial charge in [-0.2, -0.15) is 0 Å². The highest BCUT2D eigenvalue weighted by atomic mass is 19.1. The molecule has 5 nitrogen and oxygen atoms in total. The number of nitrogens with zero attached hydrogens (tertiary/aromatic N) is 2. The molecule has 0 bridgehead atoms. The highest BCUT2D eigenvalue weighted by Crippen LogP contribution is 2.20. The fraction of sp³-hybridized carbons (Fsp3) is 0.316. The van der Waals surface area contributed by atoms with E-state index in [1.165, 1.54) is 18.2 Å². The number of hydrogen-bond donors (Lipinski definition) is 2. The van der Waals surface area contributed by atoms with Crippen molar-refractivity contribution >= 4 is 5.91 Å². The van der Waals surface area contributed by atoms with Gasteiger partial charge < -0.3 is 15.1 Å². The average molecular weight is 344 g/mol. The van der Waals surface area contributed by atoms with Crippen LogP contribution in [0.15, 0.2) is 48.5 Å². The van der Waals surface area contributed by atoms with Gasteiger partial charge in [-0.15, -0.1) is 0 Å². The number of hydrogen-bond acceptors (Lipinski definition) is 4. The van der Waals surface area contributed by atoms with Crippen LogP contribution in [0.3, 0.4) is 0 Å². The van der Waals surface area contributed by atoms with Gasteiger partial charge in [0.1, 0.15) is 11.6 Å². The molecule has 1 saturated heterocycles.